The highest BCUT2D eigenvalue weighted by Crippen LogP contribution is 2.18. The van der Waals surface area contributed by atoms with Gasteiger partial charge in [0.05, 0.1) is 18.2 Å². The third kappa shape index (κ3) is 3.84. The fraction of sp³-hybridized carbons (Fsp3) is 0.538. The first-order valence-electron chi connectivity index (χ1n) is 6.74. The Kier molecular flexibility index (Phi) is 4.88. The molecule has 7 nitrogen and oxygen atoms in total. The van der Waals surface area contributed by atoms with Gasteiger partial charge in [0, 0.05) is 35.9 Å². The van der Waals surface area contributed by atoms with Crippen molar-refractivity contribution in [2.24, 2.45) is 0 Å². The molecule has 1 unspecified atom stereocenters. The van der Waals surface area contributed by atoms with E-state index in [-0.39, 0.29) is 30.5 Å². The molecule has 0 aliphatic carbocycles. The number of piperazine rings is 1. The lowest BCUT2D eigenvalue weighted by Crippen LogP contribution is -2.55. The minimum Gasteiger partial charge on any atom is -0.478 e. The number of hydrogen-bond acceptors (Lipinski definition) is 5. The van der Waals surface area contributed by atoms with Gasteiger partial charge in [-0.05, 0) is 13.0 Å². The Balaban J connectivity index is 1.98. The molecule has 1 aromatic heterocycles. The number of nitrogens with zero attached hydrogens (tertiary/aromatic N) is 2. The van der Waals surface area contributed by atoms with Crippen LogP contribution in [0, 0.1) is 0 Å². The van der Waals surface area contributed by atoms with Crippen LogP contribution in [0.5, 0.6) is 0 Å². The largest absolute Gasteiger partial charge is 0.478 e. The SMILES string of the molecule is CC1CN(C(=O)Cc2cc(C(=O)O)cs2)CCN1S(C)(=O)=O. The van der Waals surface area contributed by atoms with Gasteiger partial charge in [-0.2, -0.15) is 4.31 Å². The summed E-state index contributed by atoms with van der Waals surface area (Å²) in [6.45, 7) is 2.77. The van der Waals surface area contributed by atoms with Crippen LogP contribution in [0.4, 0.5) is 0 Å². The van der Waals surface area contributed by atoms with E-state index in [9.17, 15) is 18.0 Å². The van der Waals surface area contributed by atoms with Crippen molar-refractivity contribution >= 4 is 33.2 Å². The van der Waals surface area contributed by atoms with Crippen LogP contribution in [0.2, 0.25) is 0 Å². The first-order chi connectivity index (χ1) is 10.2. The molecule has 1 aliphatic heterocycles. The number of amides is 1. The smallest absolute Gasteiger partial charge is 0.336 e. The second kappa shape index (κ2) is 6.35. The van der Waals surface area contributed by atoms with E-state index in [1.54, 1.807) is 11.8 Å². The number of sulfonamides is 1. The van der Waals surface area contributed by atoms with E-state index in [1.165, 1.54) is 33.3 Å². The molecule has 1 atom stereocenters. The fourth-order valence-electron chi connectivity index (χ4n) is 2.51. The average molecular weight is 346 g/mol. The van der Waals surface area contributed by atoms with Crippen LogP contribution in [0.25, 0.3) is 0 Å². The van der Waals surface area contributed by atoms with E-state index >= 15 is 0 Å². The summed E-state index contributed by atoms with van der Waals surface area (Å²) < 4.78 is 24.6. The van der Waals surface area contributed by atoms with Gasteiger partial charge in [-0.15, -0.1) is 11.3 Å². The maximum absolute atomic E-state index is 12.3. The maximum atomic E-state index is 12.3. The normalized spacial score (nSPS) is 20.1. The van der Waals surface area contributed by atoms with E-state index in [0.717, 1.165) is 0 Å². The van der Waals surface area contributed by atoms with Crippen molar-refractivity contribution in [2.75, 3.05) is 25.9 Å². The van der Waals surface area contributed by atoms with Crippen molar-refractivity contribution in [1.29, 1.82) is 0 Å². The summed E-state index contributed by atoms with van der Waals surface area (Å²) in [5, 5.41) is 10.4. The molecule has 2 rings (SSSR count). The van der Waals surface area contributed by atoms with Crippen molar-refractivity contribution in [3.05, 3.63) is 21.9 Å². The zero-order valence-corrected chi connectivity index (χ0v) is 14.0. The van der Waals surface area contributed by atoms with Crippen LogP contribution < -0.4 is 0 Å². The quantitative estimate of drug-likeness (QED) is 0.856. The topological polar surface area (TPSA) is 95.0 Å². The molecule has 1 saturated heterocycles. The predicted octanol–water partition coefficient (Wildman–Crippen LogP) is 0.481. The van der Waals surface area contributed by atoms with Gasteiger partial charge in [0.15, 0.2) is 0 Å². The summed E-state index contributed by atoms with van der Waals surface area (Å²) >= 11 is 1.24. The second-order valence-electron chi connectivity index (χ2n) is 5.35. The summed E-state index contributed by atoms with van der Waals surface area (Å²) in [4.78, 5) is 25.4. The third-order valence-corrected chi connectivity index (χ3v) is 5.90. The summed E-state index contributed by atoms with van der Waals surface area (Å²) in [5.74, 6) is -1.12. The molecule has 0 aromatic carbocycles. The van der Waals surface area contributed by atoms with Crippen molar-refractivity contribution in [2.45, 2.75) is 19.4 Å². The lowest BCUT2D eigenvalue weighted by molar-refractivity contribution is -0.132. The predicted molar refractivity (Wildman–Crippen MR) is 82.6 cm³/mol. The molecule has 122 valence electrons. The van der Waals surface area contributed by atoms with Gasteiger partial charge >= 0.3 is 5.97 Å². The molecule has 1 aromatic rings. The Morgan fingerprint density at radius 2 is 2.09 bits per heavy atom. The molecule has 2 heterocycles. The van der Waals surface area contributed by atoms with Gasteiger partial charge in [0.1, 0.15) is 0 Å². The van der Waals surface area contributed by atoms with Gasteiger partial charge in [0.25, 0.3) is 0 Å². The highest BCUT2D eigenvalue weighted by atomic mass is 32.2. The molecular weight excluding hydrogens is 328 g/mol. The molecule has 1 aliphatic rings. The molecule has 0 spiro atoms. The Morgan fingerprint density at radius 3 is 2.59 bits per heavy atom. The van der Waals surface area contributed by atoms with Crippen molar-refractivity contribution < 1.29 is 23.1 Å². The minimum absolute atomic E-state index is 0.112. The zero-order chi connectivity index (χ0) is 16.5. The molecule has 1 fully saturated rings. The van der Waals surface area contributed by atoms with E-state index in [4.69, 9.17) is 5.11 Å². The van der Waals surface area contributed by atoms with Crippen molar-refractivity contribution in [3.63, 3.8) is 0 Å². The molecular formula is C13H18N2O5S2. The highest BCUT2D eigenvalue weighted by Gasteiger charge is 2.31. The maximum Gasteiger partial charge on any atom is 0.336 e. The number of rotatable bonds is 4. The second-order valence-corrected chi connectivity index (χ2v) is 8.28. The molecule has 0 saturated carbocycles. The van der Waals surface area contributed by atoms with E-state index < -0.39 is 16.0 Å². The Bertz CT molecular complexity index is 682. The highest BCUT2D eigenvalue weighted by molar-refractivity contribution is 7.88. The first-order valence-corrected chi connectivity index (χ1v) is 9.46. The third-order valence-electron chi connectivity index (χ3n) is 3.57. The number of thiophene rings is 1. The molecule has 0 bridgehead atoms. The van der Waals surface area contributed by atoms with E-state index in [2.05, 4.69) is 0 Å². The summed E-state index contributed by atoms with van der Waals surface area (Å²) in [6, 6.07) is 1.24. The molecule has 1 N–H and O–H groups in total. The lowest BCUT2D eigenvalue weighted by atomic mass is 10.2. The van der Waals surface area contributed by atoms with Crippen LogP contribution in [0.3, 0.4) is 0 Å². The first kappa shape index (κ1) is 16.9. The van der Waals surface area contributed by atoms with Gasteiger partial charge in [-0.3, -0.25) is 4.79 Å². The van der Waals surface area contributed by atoms with Gasteiger partial charge in [-0.25, -0.2) is 13.2 Å². The van der Waals surface area contributed by atoms with Gasteiger partial charge in [0.2, 0.25) is 15.9 Å². The lowest BCUT2D eigenvalue weighted by Gasteiger charge is -2.38. The Morgan fingerprint density at radius 1 is 1.41 bits per heavy atom. The molecule has 0 radical (unpaired) electrons. The van der Waals surface area contributed by atoms with Crippen LogP contribution in [-0.2, 0) is 21.2 Å². The summed E-state index contributed by atoms with van der Waals surface area (Å²) in [5.41, 5.74) is 0.183. The number of carbonyl (C=O) groups excluding carboxylic acids is 1. The van der Waals surface area contributed by atoms with Crippen molar-refractivity contribution in [1.82, 2.24) is 9.21 Å². The fourth-order valence-corrected chi connectivity index (χ4v) is 4.49. The Hall–Kier alpha value is -1.45. The zero-order valence-electron chi connectivity index (χ0n) is 12.4. The number of carbonyl (C=O) groups is 2. The van der Waals surface area contributed by atoms with E-state index in [1.807, 2.05) is 0 Å². The molecule has 1 amide bonds. The van der Waals surface area contributed by atoms with Crippen LogP contribution in [-0.4, -0.2) is 66.5 Å². The standard InChI is InChI=1S/C13H18N2O5S2/c1-9-7-14(3-4-15(9)22(2,19)20)12(16)6-11-5-10(8-21-11)13(17)18/h5,8-9H,3-4,6-7H2,1-2H3,(H,17,18). The van der Waals surface area contributed by atoms with Crippen molar-refractivity contribution in [3.8, 4) is 0 Å². The summed E-state index contributed by atoms with van der Waals surface area (Å²) in [6.07, 6.45) is 1.31. The van der Waals surface area contributed by atoms with Crippen LogP contribution in [0.15, 0.2) is 11.4 Å². The van der Waals surface area contributed by atoms with Gasteiger partial charge in [-0.1, -0.05) is 0 Å². The van der Waals surface area contributed by atoms with Crippen LogP contribution >= 0.6 is 11.3 Å². The Labute approximate surface area is 133 Å². The molecule has 22 heavy (non-hydrogen) atoms. The van der Waals surface area contributed by atoms with E-state index in [0.29, 0.717) is 18.0 Å². The van der Waals surface area contributed by atoms with Gasteiger partial charge < -0.3 is 10.0 Å². The number of hydrogen-bond donors (Lipinski definition) is 1. The average Bonchev–Trinajstić information content (AvgIpc) is 2.85. The number of carboxylic acids is 1. The summed E-state index contributed by atoms with van der Waals surface area (Å²) in [7, 11) is -3.26. The van der Waals surface area contributed by atoms with Crippen LogP contribution in [0.1, 0.15) is 22.2 Å². The monoisotopic (exact) mass is 346 g/mol. The number of aromatic carboxylic acids is 1. The minimum atomic E-state index is -3.26. The number of carboxylic acid groups (broad SMARTS) is 1. The molecule has 9 heteroatoms.